The molecule has 0 saturated carbocycles. The maximum Gasteiger partial charge on any atom is 0.416 e. The van der Waals surface area contributed by atoms with Crippen LogP contribution in [-0.4, -0.2) is 24.1 Å². The minimum atomic E-state index is -4.24. The van der Waals surface area contributed by atoms with Crippen LogP contribution in [0, 0.1) is 0 Å². The predicted molar refractivity (Wildman–Crippen MR) is 73.5 cm³/mol. The van der Waals surface area contributed by atoms with Crippen molar-refractivity contribution in [1.29, 1.82) is 0 Å². The van der Waals surface area contributed by atoms with Gasteiger partial charge in [0.05, 0.1) is 5.56 Å². The fourth-order valence-corrected chi connectivity index (χ4v) is 3.46. The van der Waals surface area contributed by atoms with Gasteiger partial charge in [0.2, 0.25) is 0 Å². The summed E-state index contributed by atoms with van der Waals surface area (Å²) in [5.74, 6) is 0.883. The molecule has 1 fully saturated rings. The zero-order valence-corrected chi connectivity index (χ0v) is 11.5. The molecule has 0 spiro atoms. The monoisotopic (exact) mass is 289 g/mol. The summed E-state index contributed by atoms with van der Waals surface area (Å²) < 4.78 is 37.7. The van der Waals surface area contributed by atoms with Gasteiger partial charge in [0, 0.05) is 11.8 Å². The van der Waals surface area contributed by atoms with Crippen LogP contribution >= 0.6 is 11.8 Å². The van der Waals surface area contributed by atoms with Gasteiger partial charge in [-0.05, 0) is 43.2 Å². The zero-order chi connectivity index (χ0) is 13.7. The van der Waals surface area contributed by atoms with E-state index in [2.05, 4.69) is 5.32 Å². The molecular formula is C14H18F3NS. The van der Waals surface area contributed by atoms with E-state index in [1.165, 1.54) is 25.0 Å². The molecule has 2 rings (SSSR count). The van der Waals surface area contributed by atoms with Crippen molar-refractivity contribution >= 4 is 11.8 Å². The third-order valence-corrected chi connectivity index (χ3v) is 4.56. The molecule has 106 valence electrons. The number of nitrogens with one attached hydrogen (secondary N) is 1. The largest absolute Gasteiger partial charge is 0.416 e. The first-order chi connectivity index (χ1) is 9.05. The molecule has 1 aliphatic heterocycles. The molecule has 0 aliphatic carbocycles. The van der Waals surface area contributed by atoms with Crippen LogP contribution in [0.15, 0.2) is 24.3 Å². The molecule has 1 aromatic carbocycles. The molecule has 0 bridgehead atoms. The fourth-order valence-electron chi connectivity index (χ4n) is 2.21. The smallest absolute Gasteiger partial charge is 0.316 e. The molecule has 1 aliphatic rings. The Morgan fingerprint density at radius 1 is 1.32 bits per heavy atom. The van der Waals surface area contributed by atoms with Crippen molar-refractivity contribution in [3.63, 3.8) is 0 Å². The Morgan fingerprint density at radius 3 is 2.84 bits per heavy atom. The van der Waals surface area contributed by atoms with Crippen molar-refractivity contribution in [3.8, 4) is 0 Å². The minimum Gasteiger partial charge on any atom is -0.316 e. The molecule has 1 unspecified atom stereocenters. The first kappa shape index (κ1) is 14.7. The maximum atomic E-state index is 12.6. The normalized spacial score (nSPS) is 20.5. The van der Waals surface area contributed by atoms with E-state index in [-0.39, 0.29) is 0 Å². The number of hydrogen-bond acceptors (Lipinski definition) is 2. The second-order valence-electron chi connectivity index (χ2n) is 4.79. The van der Waals surface area contributed by atoms with Crippen molar-refractivity contribution in [2.75, 3.05) is 18.8 Å². The van der Waals surface area contributed by atoms with Gasteiger partial charge in [-0.15, -0.1) is 0 Å². The quantitative estimate of drug-likeness (QED) is 0.906. The first-order valence-electron chi connectivity index (χ1n) is 6.54. The van der Waals surface area contributed by atoms with Gasteiger partial charge in [0.15, 0.2) is 0 Å². The molecule has 0 radical (unpaired) electrons. The van der Waals surface area contributed by atoms with E-state index in [9.17, 15) is 13.2 Å². The van der Waals surface area contributed by atoms with E-state index in [1.54, 1.807) is 6.07 Å². The van der Waals surface area contributed by atoms with Gasteiger partial charge in [0.25, 0.3) is 0 Å². The van der Waals surface area contributed by atoms with Crippen LogP contribution < -0.4 is 5.32 Å². The van der Waals surface area contributed by atoms with Crippen molar-refractivity contribution in [2.45, 2.75) is 30.7 Å². The fraction of sp³-hybridized carbons (Fsp3) is 0.571. The van der Waals surface area contributed by atoms with Crippen molar-refractivity contribution in [3.05, 3.63) is 35.4 Å². The molecule has 1 heterocycles. The van der Waals surface area contributed by atoms with Crippen LogP contribution in [-0.2, 0) is 12.6 Å². The first-order valence-corrected chi connectivity index (χ1v) is 7.59. The molecule has 1 aromatic rings. The molecule has 1 saturated heterocycles. The standard InChI is InChI=1S/C14H18F3NS/c15-14(16,17)12-4-1-3-11(9-12)6-8-19-13-5-2-7-18-10-13/h1,3-4,9,13,18H,2,5-8,10H2. The average molecular weight is 289 g/mol. The van der Waals surface area contributed by atoms with E-state index in [0.29, 0.717) is 11.7 Å². The summed E-state index contributed by atoms with van der Waals surface area (Å²) in [7, 11) is 0. The van der Waals surface area contributed by atoms with Crippen LogP contribution in [0.3, 0.4) is 0 Å². The Morgan fingerprint density at radius 2 is 2.16 bits per heavy atom. The number of piperidine rings is 1. The molecule has 19 heavy (non-hydrogen) atoms. The van der Waals surface area contributed by atoms with E-state index >= 15 is 0 Å². The number of hydrogen-bond donors (Lipinski definition) is 1. The molecule has 5 heteroatoms. The third-order valence-electron chi connectivity index (χ3n) is 3.25. The van der Waals surface area contributed by atoms with Crippen molar-refractivity contribution in [2.24, 2.45) is 0 Å². The lowest BCUT2D eigenvalue weighted by Crippen LogP contribution is -2.31. The van der Waals surface area contributed by atoms with E-state index < -0.39 is 11.7 Å². The number of halogens is 3. The predicted octanol–water partition coefficient (Wildman–Crippen LogP) is 3.73. The second kappa shape index (κ2) is 6.66. The summed E-state index contributed by atoms with van der Waals surface area (Å²) in [6.07, 6.45) is -1.14. The number of aryl methyl sites for hydroxylation is 1. The highest BCUT2D eigenvalue weighted by Crippen LogP contribution is 2.30. The topological polar surface area (TPSA) is 12.0 Å². The van der Waals surface area contributed by atoms with Crippen LogP contribution in [0.25, 0.3) is 0 Å². The number of rotatable bonds is 4. The van der Waals surface area contributed by atoms with Crippen LogP contribution in [0.4, 0.5) is 13.2 Å². The van der Waals surface area contributed by atoms with Gasteiger partial charge in [-0.25, -0.2) is 0 Å². The molecule has 0 amide bonds. The third kappa shape index (κ3) is 4.73. The number of alkyl halides is 3. The van der Waals surface area contributed by atoms with Gasteiger partial charge < -0.3 is 5.32 Å². The van der Waals surface area contributed by atoms with E-state index in [0.717, 1.165) is 30.5 Å². The highest BCUT2D eigenvalue weighted by molar-refractivity contribution is 7.99. The highest BCUT2D eigenvalue weighted by Gasteiger charge is 2.30. The molecule has 0 aromatic heterocycles. The number of benzene rings is 1. The molecule has 1 N–H and O–H groups in total. The summed E-state index contributed by atoms with van der Waals surface area (Å²) in [4.78, 5) is 0. The van der Waals surface area contributed by atoms with Gasteiger partial charge in [-0.2, -0.15) is 24.9 Å². The Hall–Kier alpha value is -0.680. The number of thioether (sulfide) groups is 1. The summed E-state index contributed by atoms with van der Waals surface area (Å²) >= 11 is 1.86. The molecule has 1 nitrogen and oxygen atoms in total. The lowest BCUT2D eigenvalue weighted by atomic mass is 10.1. The molecular weight excluding hydrogens is 271 g/mol. The van der Waals surface area contributed by atoms with E-state index in [1.807, 2.05) is 11.8 Å². The average Bonchev–Trinajstić information content (AvgIpc) is 2.39. The van der Waals surface area contributed by atoms with Crippen LogP contribution in [0.2, 0.25) is 0 Å². The van der Waals surface area contributed by atoms with Crippen molar-refractivity contribution in [1.82, 2.24) is 5.32 Å². The summed E-state index contributed by atoms with van der Waals surface area (Å²) in [5, 5.41) is 3.95. The maximum absolute atomic E-state index is 12.6. The Bertz CT molecular complexity index is 400. The highest BCUT2D eigenvalue weighted by atomic mass is 32.2. The Kier molecular flexibility index (Phi) is 5.16. The minimum absolute atomic E-state index is 0.547. The molecule has 1 atom stereocenters. The lowest BCUT2D eigenvalue weighted by molar-refractivity contribution is -0.137. The van der Waals surface area contributed by atoms with Gasteiger partial charge in [0.1, 0.15) is 0 Å². The SMILES string of the molecule is FC(F)(F)c1cccc(CCSC2CCCNC2)c1. The second-order valence-corrected chi connectivity index (χ2v) is 6.20. The van der Waals surface area contributed by atoms with Gasteiger partial charge >= 0.3 is 6.18 Å². The summed E-state index contributed by atoms with van der Waals surface area (Å²) in [6.45, 7) is 2.11. The zero-order valence-electron chi connectivity index (χ0n) is 10.7. The van der Waals surface area contributed by atoms with Gasteiger partial charge in [-0.3, -0.25) is 0 Å². The summed E-state index contributed by atoms with van der Waals surface area (Å²) in [6, 6.07) is 5.65. The van der Waals surface area contributed by atoms with Gasteiger partial charge in [-0.1, -0.05) is 18.2 Å². The lowest BCUT2D eigenvalue weighted by Gasteiger charge is -2.22. The Labute approximate surface area is 116 Å². The van der Waals surface area contributed by atoms with Crippen LogP contribution in [0.1, 0.15) is 24.0 Å². The van der Waals surface area contributed by atoms with Crippen molar-refractivity contribution < 1.29 is 13.2 Å². The van der Waals surface area contributed by atoms with E-state index in [4.69, 9.17) is 0 Å². The summed E-state index contributed by atoms with van der Waals surface area (Å²) in [5.41, 5.74) is 0.223. The van der Waals surface area contributed by atoms with Crippen LogP contribution in [0.5, 0.6) is 0 Å². The Balaban J connectivity index is 1.82.